The van der Waals surface area contributed by atoms with Gasteiger partial charge in [0.25, 0.3) is 0 Å². The molecule has 1 aromatic carbocycles. The first-order chi connectivity index (χ1) is 15.9. The molecule has 2 aliphatic heterocycles. The Kier molecular flexibility index (Phi) is 5.60. The zero-order valence-electron chi connectivity index (χ0n) is 19.0. The molecule has 0 spiro atoms. The summed E-state index contributed by atoms with van der Waals surface area (Å²) < 4.78 is 0. The fourth-order valence-corrected chi connectivity index (χ4v) is 6.17. The summed E-state index contributed by atoms with van der Waals surface area (Å²) in [5.74, 6) is 0.433. The van der Waals surface area contributed by atoms with E-state index in [-0.39, 0.29) is 36.0 Å². The number of aryl methyl sites for hydroxylation is 1. The van der Waals surface area contributed by atoms with E-state index in [4.69, 9.17) is 11.0 Å². The molecule has 2 N–H and O–H groups in total. The van der Waals surface area contributed by atoms with Crippen molar-refractivity contribution in [2.45, 2.75) is 68.7 Å². The number of hydrogen-bond acceptors (Lipinski definition) is 6. The molecule has 2 aliphatic carbocycles. The van der Waals surface area contributed by atoms with E-state index >= 15 is 0 Å². The van der Waals surface area contributed by atoms with Crippen LogP contribution in [0, 0.1) is 28.6 Å². The highest BCUT2D eigenvalue weighted by atomic mass is 16.2. The van der Waals surface area contributed by atoms with Crippen LogP contribution in [0.15, 0.2) is 18.2 Å². The normalized spacial score (nSPS) is 31.1. The first-order valence-electron chi connectivity index (χ1n) is 11.9. The molecule has 2 amide bonds. The van der Waals surface area contributed by atoms with E-state index in [1.54, 1.807) is 4.90 Å². The molecule has 0 radical (unpaired) electrons. The van der Waals surface area contributed by atoms with Crippen LogP contribution >= 0.6 is 0 Å². The average Bonchev–Trinajstić information content (AvgIpc) is 3.35. The summed E-state index contributed by atoms with van der Waals surface area (Å²) in [6, 6.07) is 8.99. The first kappa shape index (κ1) is 21.9. The van der Waals surface area contributed by atoms with Crippen molar-refractivity contribution in [1.29, 1.82) is 10.5 Å². The van der Waals surface area contributed by atoms with Gasteiger partial charge in [0.1, 0.15) is 6.04 Å². The number of carbonyl (C=O) groups is 2. The van der Waals surface area contributed by atoms with Gasteiger partial charge in [0.15, 0.2) is 0 Å². The molecule has 0 bridgehead atoms. The number of rotatable bonds is 5. The third-order valence-corrected chi connectivity index (χ3v) is 8.03. The zero-order valence-corrected chi connectivity index (χ0v) is 19.0. The van der Waals surface area contributed by atoms with E-state index in [9.17, 15) is 14.9 Å². The quantitative estimate of drug-likeness (QED) is 0.729. The van der Waals surface area contributed by atoms with Crippen LogP contribution in [0.1, 0.15) is 54.8 Å². The van der Waals surface area contributed by atoms with Gasteiger partial charge in [-0.1, -0.05) is 6.07 Å². The van der Waals surface area contributed by atoms with Crippen LogP contribution in [0.4, 0.5) is 0 Å². The second kappa shape index (κ2) is 8.44. The number of nitrogens with zero attached hydrogens (tertiary/aromatic N) is 5. The Morgan fingerprint density at radius 1 is 1.27 bits per heavy atom. The van der Waals surface area contributed by atoms with Gasteiger partial charge in [0.2, 0.25) is 11.8 Å². The molecule has 3 fully saturated rings. The minimum absolute atomic E-state index is 0.0467. The molecule has 1 saturated carbocycles. The second-order valence-electron chi connectivity index (χ2n) is 9.99. The van der Waals surface area contributed by atoms with Crippen molar-refractivity contribution in [3.05, 3.63) is 34.9 Å². The van der Waals surface area contributed by atoms with Gasteiger partial charge in [-0.05, 0) is 74.8 Å². The molecule has 6 atom stereocenters. The molecule has 172 valence electrons. The van der Waals surface area contributed by atoms with Crippen molar-refractivity contribution in [1.82, 2.24) is 14.7 Å². The van der Waals surface area contributed by atoms with Crippen LogP contribution in [-0.4, -0.2) is 70.8 Å². The number of nitrogens with two attached hydrogens (primary N) is 1. The van der Waals surface area contributed by atoms with Crippen LogP contribution in [0.25, 0.3) is 0 Å². The van der Waals surface area contributed by atoms with Gasteiger partial charge in [0.05, 0.1) is 35.8 Å². The lowest BCUT2D eigenvalue weighted by Gasteiger charge is -2.35. The van der Waals surface area contributed by atoms with Crippen molar-refractivity contribution in [2.24, 2.45) is 11.7 Å². The van der Waals surface area contributed by atoms with Crippen LogP contribution in [0.3, 0.4) is 0 Å². The van der Waals surface area contributed by atoms with Gasteiger partial charge in [-0.25, -0.2) is 0 Å². The summed E-state index contributed by atoms with van der Waals surface area (Å²) in [5.41, 5.74) is 9.27. The molecule has 0 aromatic heterocycles. The number of fused-ring (bicyclic) bond motifs is 2. The molecule has 33 heavy (non-hydrogen) atoms. The molecule has 5 rings (SSSR count). The van der Waals surface area contributed by atoms with E-state index < -0.39 is 6.04 Å². The number of likely N-dealkylation sites (tertiary alicyclic amines) is 2. The summed E-state index contributed by atoms with van der Waals surface area (Å²) in [5, 5.41) is 18.6. The topological polar surface area (TPSA) is 117 Å². The molecule has 6 unspecified atom stereocenters. The van der Waals surface area contributed by atoms with Gasteiger partial charge < -0.3 is 15.5 Å². The molecule has 8 nitrogen and oxygen atoms in total. The van der Waals surface area contributed by atoms with Gasteiger partial charge in [-0.15, -0.1) is 0 Å². The highest BCUT2D eigenvalue weighted by Crippen LogP contribution is 2.45. The first-order valence-corrected chi connectivity index (χ1v) is 11.9. The number of nitriles is 2. The highest BCUT2D eigenvalue weighted by Gasteiger charge is 2.51. The van der Waals surface area contributed by atoms with Crippen LogP contribution in [-0.2, 0) is 16.0 Å². The van der Waals surface area contributed by atoms with Crippen molar-refractivity contribution >= 4 is 11.8 Å². The fraction of sp³-hybridized carbons (Fsp3) is 0.600. The summed E-state index contributed by atoms with van der Waals surface area (Å²) in [6.07, 6.45) is 5.15. The summed E-state index contributed by atoms with van der Waals surface area (Å²) >= 11 is 0. The Hall–Kier alpha value is -2.94. The van der Waals surface area contributed by atoms with E-state index in [1.807, 2.05) is 35.0 Å². The van der Waals surface area contributed by atoms with Crippen LogP contribution in [0.2, 0.25) is 0 Å². The van der Waals surface area contributed by atoms with Gasteiger partial charge >= 0.3 is 0 Å². The maximum absolute atomic E-state index is 13.3. The highest BCUT2D eigenvalue weighted by molar-refractivity contribution is 5.85. The Morgan fingerprint density at radius 3 is 2.85 bits per heavy atom. The standard InChI is InChI=1S/C25H30N6O2/c1-29(14-20(28)24(32)31-18(13-27)5-3-17-11-23(17)31)22-8-9-30(25(22)33)21-7-4-16-10-15(12-26)2-6-19(16)21/h2,6,10,17-18,20-23H,3-5,7-9,11,14,28H2,1H3. The Bertz CT molecular complexity index is 1060. The Balaban J connectivity index is 1.22. The average molecular weight is 447 g/mol. The van der Waals surface area contributed by atoms with E-state index in [2.05, 4.69) is 12.1 Å². The maximum atomic E-state index is 13.3. The molecule has 8 heteroatoms. The SMILES string of the molecule is CN(CC(N)C(=O)N1C(C#N)CCC2CC21)C1CCN(C2CCc3cc(C#N)ccc32)C1=O. The third kappa shape index (κ3) is 3.78. The van der Waals surface area contributed by atoms with Gasteiger partial charge in [-0.2, -0.15) is 10.5 Å². The maximum Gasteiger partial charge on any atom is 0.242 e. The summed E-state index contributed by atoms with van der Waals surface area (Å²) in [4.78, 5) is 32.0. The Labute approximate surface area is 194 Å². The van der Waals surface area contributed by atoms with Gasteiger partial charge in [0, 0.05) is 19.1 Å². The molecule has 4 aliphatic rings. The number of benzene rings is 1. The number of amides is 2. The Morgan fingerprint density at radius 2 is 2.09 bits per heavy atom. The zero-order chi connectivity index (χ0) is 23.3. The minimum atomic E-state index is -0.747. The van der Waals surface area contributed by atoms with Crippen LogP contribution in [0.5, 0.6) is 0 Å². The van der Waals surface area contributed by atoms with Crippen molar-refractivity contribution in [3.63, 3.8) is 0 Å². The number of likely N-dealkylation sites (N-methyl/N-ethyl adjacent to an activating group) is 1. The molecule has 2 heterocycles. The van der Waals surface area contributed by atoms with E-state index in [0.717, 1.165) is 43.2 Å². The smallest absolute Gasteiger partial charge is 0.242 e. The summed E-state index contributed by atoms with van der Waals surface area (Å²) in [7, 11) is 1.86. The summed E-state index contributed by atoms with van der Waals surface area (Å²) in [6.45, 7) is 0.968. The predicted molar refractivity (Wildman–Crippen MR) is 120 cm³/mol. The largest absolute Gasteiger partial charge is 0.334 e. The fourth-order valence-electron chi connectivity index (χ4n) is 6.17. The predicted octanol–water partition coefficient (Wildman–Crippen LogP) is 1.31. The monoisotopic (exact) mass is 446 g/mol. The third-order valence-electron chi connectivity index (χ3n) is 8.03. The number of hydrogen-bond donors (Lipinski definition) is 1. The van der Waals surface area contributed by atoms with Crippen molar-refractivity contribution in [2.75, 3.05) is 20.1 Å². The van der Waals surface area contributed by atoms with Crippen molar-refractivity contribution < 1.29 is 9.59 Å². The molecular formula is C25H30N6O2. The lowest BCUT2D eigenvalue weighted by atomic mass is 10.0. The lowest BCUT2D eigenvalue weighted by molar-refractivity contribution is -0.138. The number of piperidine rings is 1. The minimum Gasteiger partial charge on any atom is -0.334 e. The van der Waals surface area contributed by atoms with Gasteiger partial charge in [-0.3, -0.25) is 14.5 Å². The number of carbonyl (C=O) groups excluding carboxylic acids is 2. The molecule has 2 saturated heterocycles. The molecular weight excluding hydrogens is 416 g/mol. The van der Waals surface area contributed by atoms with Crippen molar-refractivity contribution in [3.8, 4) is 12.1 Å². The van der Waals surface area contributed by atoms with E-state index in [0.29, 0.717) is 31.0 Å². The van der Waals surface area contributed by atoms with Crippen LogP contribution < -0.4 is 5.73 Å². The molecule has 1 aromatic rings. The second-order valence-corrected chi connectivity index (χ2v) is 9.99. The van der Waals surface area contributed by atoms with E-state index in [1.165, 1.54) is 0 Å². The lowest BCUT2D eigenvalue weighted by Crippen LogP contribution is -2.55.